The van der Waals surface area contributed by atoms with Crippen molar-refractivity contribution in [3.05, 3.63) is 59.1 Å². The van der Waals surface area contributed by atoms with Gasteiger partial charge in [0.15, 0.2) is 6.10 Å². The van der Waals surface area contributed by atoms with Gasteiger partial charge in [-0.25, -0.2) is 9.78 Å². The molecule has 0 saturated carbocycles. The van der Waals surface area contributed by atoms with Gasteiger partial charge in [-0.2, -0.15) is 13.2 Å². The number of fused-ring (bicyclic) bond motifs is 1. The second kappa shape index (κ2) is 7.36. The lowest BCUT2D eigenvalue weighted by Gasteiger charge is -2.14. The molecule has 0 saturated heterocycles. The number of benzene rings is 2. The summed E-state index contributed by atoms with van der Waals surface area (Å²) in [5, 5.41) is 2.41. The van der Waals surface area contributed by atoms with Crippen molar-refractivity contribution in [3.63, 3.8) is 0 Å². The summed E-state index contributed by atoms with van der Waals surface area (Å²) in [6, 6.07) is 8.82. The van der Waals surface area contributed by atoms with Gasteiger partial charge in [0.2, 0.25) is 0 Å². The summed E-state index contributed by atoms with van der Waals surface area (Å²) in [5.74, 6) is -1.33. The molecule has 0 unspecified atom stereocenters. The van der Waals surface area contributed by atoms with Crippen LogP contribution in [0, 0.1) is 0 Å². The van der Waals surface area contributed by atoms with Crippen LogP contribution in [0.3, 0.4) is 0 Å². The van der Waals surface area contributed by atoms with Gasteiger partial charge in [-0.1, -0.05) is 0 Å². The van der Waals surface area contributed by atoms with E-state index in [0.29, 0.717) is 0 Å². The molecule has 2 aromatic carbocycles. The zero-order valence-corrected chi connectivity index (χ0v) is 14.7. The van der Waals surface area contributed by atoms with Crippen LogP contribution in [0.5, 0.6) is 0 Å². The Morgan fingerprint density at radius 1 is 1.15 bits per heavy atom. The van der Waals surface area contributed by atoms with E-state index < -0.39 is 29.7 Å². The number of hydrogen-bond acceptors (Lipinski definition) is 5. The Hall–Kier alpha value is -2.94. The van der Waals surface area contributed by atoms with Gasteiger partial charge in [-0.3, -0.25) is 4.79 Å². The highest BCUT2D eigenvalue weighted by atomic mass is 32.1. The molecule has 3 aromatic rings. The van der Waals surface area contributed by atoms with Crippen molar-refractivity contribution in [1.29, 1.82) is 0 Å². The number of alkyl halides is 3. The fraction of sp³-hybridized carbons (Fsp3) is 0.167. The maximum absolute atomic E-state index is 12.5. The molecule has 0 aliphatic heterocycles. The summed E-state index contributed by atoms with van der Waals surface area (Å²) in [6.45, 7) is 1.38. The van der Waals surface area contributed by atoms with Gasteiger partial charge in [0.1, 0.15) is 0 Å². The summed E-state index contributed by atoms with van der Waals surface area (Å²) in [4.78, 5) is 28.4. The molecule has 0 spiro atoms. The number of amides is 1. The number of rotatable bonds is 4. The molecule has 0 aliphatic carbocycles. The molecule has 0 aliphatic rings. The molecule has 27 heavy (non-hydrogen) atoms. The van der Waals surface area contributed by atoms with Crippen LogP contribution in [0.15, 0.2) is 48.0 Å². The third kappa shape index (κ3) is 4.43. The lowest BCUT2D eigenvalue weighted by Crippen LogP contribution is -2.30. The van der Waals surface area contributed by atoms with Gasteiger partial charge in [0, 0.05) is 5.69 Å². The zero-order valence-electron chi connectivity index (χ0n) is 13.9. The summed E-state index contributed by atoms with van der Waals surface area (Å²) < 4.78 is 43.6. The molecular weight excluding hydrogens is 381 g/mol. The van der Waals surface area contributed by atoms with Gasteiger partial charge in [0.25, 0.3) is 5.91 Å². The van der Waals surface area contributed by atoms with Crippen LogP contribution in [0.4, 0.5) is 18.9 Å². The highest BCUT2D eigenvalue weighted by molar-refractivity contribution is 7.16. The quantitative estimate of drug-likeness (QED) is 0.662. The average molecular weight is 394 g/mol. The van der Waals surface area contributed by atoms with Gasteiger partial charge in [-0.05, 0) is 49.4 Å². The lowest BCUT2D eigenvalue weighted by molar-refractivity contribution is -0.137. The molecule has 5 nitrogen and oxygen atoms in total. The number of anilines is 1. The minimum atomic E-state index is -4.45. The Labute approximate surface area is 155 Å². The first-order chi connectivity index (χ1) is 12.7. The molecule has 1 atom stereocenters. The molecular formula is C18H13F3N2O3S. The van der Waals surface area contributed by atoms with E-state index in [4.69, 9.17) is 4.74 Å². The highest BCUT2D eigenvalue weighted by Gasteiger charge is 2.30. The Bertz CT molecular complexity index is 983. The maximum atomic E-state index is 12.5. The number of nitrogens with one attached hydrogen (secondary N) is 1. The Balaban J connectivity index is 1.62. The number of esters is 1. The predicted molar refractivity (Wildman–Crippen MR) is 94.6 cm³/mol. The van der Waals surface area contributed by atoms with Crippen molar-refractivity contribution in [1.82, 2.24) is 4.98 Å². The van der Waals surface area contributed by atoms with Crippen molar-refractivity contribution in [2.45, 2.75) is 19.2 Å². The predicted octanol–water partition coefficient (Wildman–Crippen LogP) is 4.50. The van der Waals surface area contributed by atoms with E-state index in [1.54, 1.807) is 23.7 Å². The van der Waals surface area contributed by atoms with Crippen LogP contribution in [-0.4, -0.2) is 23.0 Å². The summed E-state index contributed by atoms with van der Waals surface area (Å²) >= 11 is 1.37. The van der Waals surface area contributed by atoms with Crippen molar-refractivity contribution in [2.24, 2.45) is 0 Å². The van der Waals surface area contributed by atoms with Gasteiger partial charge in [-0.15, -0.1) is 11.3 Å². The number of carbonyl (C=O) groups excluding carboxylic acids is 2. The van der Waals surface area contributed by atoms with Crippen LogP contribution < -0.4 is 5.32 Å². The fourth-order valence-electron chi connectivity index (χ4n) is 2.25. The molecule has 9 heteroatoms. The molecule has 1 N–H and O–H groups in total. The van der Waals surface area contributed by atoms with Crippen LogP contribution in [0.25, 0.3) is 10.2 Å². The van der Waals surface area contributed by atoms with Gasteiger partial charge >= 0.3 is 12.1 Å². The van der Waals surface area contributed by atoms with Gasteiger partial charge < -0.3 is 10.1 Å². The number of carbonyl (C=O) groups is 2. The van der Waals surface area contributed by atoms with E-state index in [0.717, 1.165) is 34.5 Å². The minimum absolute atomic E-state index is 0.168. The number of halogens is 3. The van der Waals surface area contributed by atoms with E-state index in [1.807, 2.05) is 0 Å². The largest absolute Gasteiger partial charge is 0.449 e. The van der Waals surface area contributed by atoms with Crippen molar-refractivity contribution in [2.75, 3.05) is 5.32 Å². The smallest absolute Gasteiger partial charge is 0.416 e. The van der Waals surface area contributed by atoms with E-state index >= 15 is 0 Å². The molecule has 0 fully saturated rings. The molecule has 1 amide bonds. The highest BCUT2D eigenvalue weighted by Crippen LogP contribution is 2.29. The first-order valence-corrected chi connectivity index (χ1v) is 8.64. The number of aromatic nitrogens is 1. The monoisotopic (exact) mass is 394 g/mol. The van der Waals surface area contributed by atoms with E-state index in [1.165, 1.54) is 18.3 Å². The zero-order chi connectivity index (χ0) is 19.6. The molecule has 3 rings (SSSR count). The topological polar surface area (TPSA) is 68.3 Å². The Morgan fingerprint density at radius 3 is 2.52 bits per heavy atom. The van der Waals surface area contributed by atoms with Crippen molar-refractivity contribution in [3.8, 4) is 0 Å². The standard InChI is InChI=1S/C18H13F3N2O3S/c1-10(16(24)23-13-5-3-12(4-6-13)18(19,20)21)26-17(25)11-2-7-14-15(8-11)27-9-22-14/h2-10H,1H3,(H,23,24)/t10-/m1/s1. The first-order valence-electron chi connectivity index (χ1n) is 7.76. The minimum Gasteiger partial charge on any atom is -0.449 e. The van der Waals surface area contributed by atoms with Crippen LogP contribution >= 0.6 is 11.3 Å². The fourth-order valence-corrected chi connectivity index (χ4v) is 2.97. The molecule has 1 aromatic heterocycles. The summed E-state index contributed by atoms with van der Waals surface area (Å²) in [5.41, 5.74) is 2.03. The van der Waals surface area contributed by atoms with E-state index in [-0.39, 0.29) is 11.3 Å². The SMILES string of the molecule is C[C@@H](OC(=O)c1ccc2ncsc2c1)C(=O)Nc1ccc(C(F)(F)F)cc1. The van der Waals surface area contributed by atoms with Crippen molar-refractivity contribution >= 4 is 39.1 Å². The number of ether oxygens (including phenoxy) is 1. The van der Waals surface area contributed by atoms with E-state index in [2.05, 4.69) is 10.3 Å². The second-order valence-corrected chi connectivity index (χ2v) is 6.53. The number of thiazole rings is 1. The van der Waals surface area contributed by atoms with Crippen LogP contribution in [-0.2, 0) is 15.7 Å². The van der Waals surface area contributed by atoms with Gasteiger partial charge in [0.05, 0.1) is 26.9 Å². The number of hydrogen-bond donors (Lipinski definition) is 1. The average Bonchev–Trinajstić information content (AvgIpc) is 3.09. The molecule has 0 bridgehead atoms. The van der Waals surface area contributed by atoms with Crippen molar-refractivity contribution < 1.29 is 27.5 Å². The number of nitrogens with zero attached hydrogens (tertiary/aromatic N) is 1. The third-order valence-corrected chi connectivity index (χ3v) is 4.49. The summed E-state index contributed by atoms with van der Waals surface area (Å²) in [7, 11) is 0. The first kappa shape index (κ1) is 18.8. The normalized spacial score (nSPS) is 12.6. The Kier molecular flexibility index (Phi) is 5.13. The third-order valence-electron chi connectivity index (χ3n) is 3.70. The molecule has 140 valence electrons. The van der Waals surface area contributed by atoms with Crippen LogP contribution in [0.2, 0.25) is 0 Å². The lowest BCUT2D eigenvalue weighted by atomic mass is 10.2. The molecule has 0 radical (unpaired) electrons. The second-order valence-electron chi connectivity index (χ2n) is 5.65. The summed E-state index contributed by atoms with van der Waals surface area (Å²) in [6.07, 6.45) is -5.58. The molecule has 1 heterocycles. The van der Waals surface area contributed by atoms with Crippen LogP contribution in [0.1, 0.15) is 22.8 Å². The maximum Gasteiger partial charge on any atom is 0.416 e. The van der Waals surface area contributed by atoms with E-state index in [9.17, 15) is 22.8 Å². The Morgan fingerprint density at radius 2 is 1.85 bits per heavy atom.